The van der Waals surface area contributed by atoms with Gasteiger partial charge in [-0.15, -0.1) is 0 Å². The summed E-state index contributed by atoms with van der Waals surface area (Å²) in [7, 11) is -4.30. The molecule has 4 saturated carbocycles. The van der Waals surface area contributed by atoms with Crippen molar-refractivity contribution in [3.63, 3.8) is 0 Å². The molecule has 0 aromatic heterocycles. The van der Waals surface area contributed by atoms with Crippen molar-refractivity contribution in [3.8, 4) is 0 Å². The molecular weight excluding hydrogens is 268 g/mol. The first kappa shape index (κ1) is 13.4. The van der Waals surface area contributed by atoms with Gasteiger partial charge in [0.15, 0.2) is 5.75 Å². The van der Waals surface area contributed by atoms with E-state index in [1.54, 1.807) is 0 Å². The van der Waals surface area contributed by atoms with Crippen LogP contribution >= 0.6 is 0 Å². The number of rotatable bonds is 3. The topological polar surface area (TPSA) is 80.7 Å². The Morgan fingerprint density at radius 2 is 1.63 bits per heavy atom. The molecule has 0 radical (unpaired) electrons. The van der Waals surface area contributed by atoms with Gasteiger partial charge in [-0.2, -0.15) is 8.42 Å². The van der Waals surface area contributed by atoms with Gasteiger partial charge in [-0.25, -0.2) is 0 Å². The molecule has 5 nitrogen and oxygen atoms in total. The van der Waals surface area contributed by atoms with Crippen LogP contribution in [0.25, 0.3) is 0 Å². The maximum Gasteiger partial charge on any atom is 0.324 e. The highest BCUT2D eigenvalue weighted by atomic mass is 32.2. The Balaban J connectivity index is 1.74. The third-order valence-electron chi connectivity index (χ3n) is 5.39. The molecule has 0 saturated heterocycles. The summed E-state index contributed by atoms with van der Waals surface area (Å²) in [5, 5.41) is 0. The molecule has 0 amide bonds. The lowest BCUT2D eigenvalue weighted by molar-refractivity contribution is -0.200. The van der Waals surface area contributed by atoms with Gasteiger partial charge < -0.3 is 4.74 Å². The van der Waals surface area contributed by atoms with E-state index in [4.69, 9.17) is 9.29 Å². The maximum absolute atomic E-state index is 11.7. The van der Waals surface area contributed by atoms with E-state index in [1.807, 2.05) is 6.92 Å². The van der Waals surface area contributed by atoms with Gasteiger partial charge >= 0.3 is 5.97 Å². The van der Waals surface area contributed by atoms with E-state index < -0.39 is 27.4 Å². The highest BCUT2D eigenvalue weighted by molar-refractivity contribution is 7.86. The molecule has 0 heterocycles. The first-order valence-corrected chi connectivity index (χ1v) is 8.54. The Bertz CT molecular complexity index is 467. The molecule has 0 aliphatic heterocycles. The number of carbonyl (C=O) groups excluding carboxylic acids is 1. The van der Waals surface area contributed by atoms with Crippen molar-refractivity contribution < 1.29 is 22.5 Å². The highest BCUT2D eigenvalue weighted by Crippen LogP contribution is 2.59. The molecule has 1 N–H and O–H groups in total. The minimum absolute atomic E-state index is 0.356. The van der Waals surface area contributed by atoms with E-state index in [0.717, 1.165) is 37.5 Å². The van der Waals surface area contributed by atoms with Gasteiger partial charge in [0.2, 0.25) is 0 Å². The summed E-state index contributed by atoms with van der Waals surface area (Å²) in [6.07, 6.45) is 5.65. The second kappa shape index (κ2) is 4.19. The van der Waals surface area contributed by atoms with Crippen LogP contribution in [-0.2, 0) is 19.6 Å². The Morgan fingerprint density at radius 3 is 2.05 bits per heavy atom. The highest BCUT2D eigenvalue weighted by Gasteiger charge is 2.57. The van der Waals surface area contributed by atoms with Crippen LogP contribution in [0.15, 0.2) is 0 Å². The van der Waals surface area contributed by atoms with Crippen molar-refractivity contribution in [2.45, 2.75) is 44.6 Å². The first-order chi connectivity index (χ1) is 8.76. The van der Waals surface area contributed by atoms with Crippen molar-refractivity contribution in [3.05, 3.63) is 0 Å². The van der Waals surface area contributed by atoms with Crippen LogP contribution in [0.1, 0.15) is 39.0 Å². The van der Waals surface area contributed by atoms with Crippen molar-refractivity contribution in [2.24, 2.45) is 23.7 Å². The molecule has 4 aliphatic carbocycles. The van der Waals surface area contributed by atoms with Gasteiger partial charge in [0, 0.05) is 0 Å². The summed E-state index contributed by atoms with van der Waals surface area (Å²) in [5.74, 6) is 0.474. The Morgan fingerprint density at radius 1 is 1.16 bits per heavy atom. The van der Waals surface area contributed by atoms with Crippen LogP contribution in [-0.4, -0.2) is 30.3 Å². The van der Waals surface area contributed by atoms with E-state index in [0.29, 0.717) is 11.8 Å². The number of ether oxygens (including phenoxy) is 1. The molecule has 108 valence electrons. The molecule has 0 atom stereocenters. The van der Waals surface area contributed by atoms with Crippen LogP contribution in [0.4, 0.5) is 0 Å². The lowest BCUT2D eigenvalue weighted by Gasteiger charge is -2.59. The van der Waals surface area contributed by atoms with Crippen molar-refractivity contribution in [1.29, 1.82) is 0 Å². The fourth-order valence-electron chi connectivity index (χ4n) is 4.71. The lowest BCUT2D eigenvalue weighted by Crippen LogP contribution is -2.58. The molecule has 19 heavy (non-hydrogen) atoms. The molecule has 4 aliphatic rings. The average Bonchev–Trinajstić information content (AvgIpc) is 2.22. The fraction of sp³-hybridized carbons (Fsp3) is 0.923. The summed E-state index contributed by atoms with van der Waals surface area (Å²) >= 11 is 0. The van der Waals surface area contributed by atoms with Crippen molar-refractivity contribution in [2.75, 3.05) is 5.75 Å². The van der Waals surface area contributed by atoms with Gasteiger partial charge in [-0.3, -0.25) is 9.35 Å². The third-order valence-corrected chi connectivity index (χ3v) is 5.99. The average molecular weight is 288 g/mol. The van der Waals surface area contributed by atoms with Gasteiger partial charge in [0.1, 0.15) is 5.60 Å². The fourth-order valence-corrected chi connectivity index (χ4v) is 5.07. The second-order valence-electron chi connectivity index (χ2n) is 6.69. The largest absolute Gasteiger partial charge is 0.458 e. The number of hydrogen-bond donors (Lipinski definition) is 1. The van der Waals surface area contributed by atoms with Crippen LogP contribution in [0.5, 0.6) is 0 Å². The van der Waals surface area contributed by atoms with E-state index >= 15 is 0 Å². The first-order valence-electron chi connectivity index (χ1n) is 6.93. The molecule has 0 aromatic rings. The van der Waals surface area contributed by atoms with E-state index in [1.165, 1.54) is 6.42 Å². The van der Waals surface area contributed by atoms with E-state index in [-0.39, 0.29) is 0 Å². The van der Waals surface area contributed by atoms with Gasteiger partial charge in [-0.1, -0.05) is 0 Å². The van der Waals surface area contributed by atoms with Gasteiger partial charge in [0.05, 0.1) is 0 Å². The van der Waals surface area contributed by atoms with Gasteiger partial charge in [-0.05, 0) is 62.7 Å². The third kappa shape index (κ3) is 2.40. The molecule has 0 unspecified atom stereocenters. The van der Waals surface area contributed by atoms with Crippen LogP contribution in [0, 0.1) is 23.7 Å². The number of carbonyl (C=O) groups is 1. The Kier molecular flexibility index (Phi) is 2.94. The quantitative estimate of drug-likeness (QED) is 0.630. The number of esters is 1. The minimum atomic E-state index is -4.30. The minimum Gasteiger partial charge on any atom is -0.458 e. The standard InChI is InChI=1S/C13H20O5S/c1-13(18-12(14)7-19(15,16)17)10-3-8-2-9(5-10)6-11(13)4-8/h8-11H,2-7H2,1H3,(H,15,16,17). The zero-order valence-corrected chi connectivity index (χ0v) is 11.9. The Hall–Kier alpha value is -0.620. The zero-order valence-electron chi connectivity index (χ0n) is 11.0. The zero-order chi connectivity index (χ0) is 13.8. The van der Waals surface area contributed by atoms with E-state index in [2.05, 4.69) is 0 Å². The summed E-state index contributed by atoms with van der Waals surface area (Å²) in [4.78, 5) is 11.7. The van der Waals surface area contributed by atoms with Crippen molar-refractivity contribution in [1.82, 2.24) is 0 Å². The van der Waals surface area contributed by atoms with E-state index in [9.17, 15) is 13.2 Å². The molecular formula is C13H20O5S. The molecule has 0 spiro atoms. The summed E-state index contributed by atoms with van der Waals surface area (Å²) in [6, 6.07) is 0. The van der Waals surface area contributed by atoms with Crippen LogP contribution in [0.2, 0.25) is 0 Å². The van der Waals surface area contributed by atoms with Crippen LogP contribution in [0.3, 0.4) is 0 Å². The second-order valence-corrected chi connectivity index (χ2v) is 8.14. The molecule has 0 aromatic carbocycles. The Labute approximate surface area is 113 Å². The summed E-state index contributed by atoms with van der Waals surface area (Å²) < 4.78 is 35.7. The molecule has 4 fully saturated rings. The smallest absolute Gasteiger partial charge is 0.324 e. The maximum atomic E-state index is 11.7. The van der Waals surface area contributed by atoms with Crippen LogP contribution < -0.4 is 0 Å². The summed E-state index contributed by atoms with van der Waals surface area (Å²) in [6.45, 7) is 1.95. The molecule has 6 heteroatoms. The predicted octanol–water partition coefficient (Wildman–Crippen LogP) is 1.63. The normalized spacial score (nSPS) is 44.3. The molecule has 4 bridgehead atoms. The predicted molar refractivity (Wildman–Crippen MR) is 68.0 cm³/mol. The number of hydrogen-bond acceptors (Lipinski definition) is 4. The molecule has 4 rings (SSSR count). The summed E-state index contributed by atoms with van der Waals surface area (Å²) in [5.41, 5.74) is -0.533. The lowest BCUT2D eigenvalue weighted by atomic mass is 9.50. The SMILES string of the molecule is CC1(OC(=O)CS(=O)(=O)O)C2CC3CC(C2)CC1C3. The monoisotopic (exact) mass is 288 g/mol. The van der Waals surface area contributed by atoms with Gasteiger partial charge in [0.25, 0.3) is 10.1 Å². The van der Waals surface area contributed by atoms with Crippen molar-refractivity contribution >= 4 is 16.1 Å².